The van der Waals surface area contributed by atoms with E-state index in [9.17, 15) is 4.79 Å². The average Bonchev–Trinajstić information content (AvgIpc) is 3.12. The summed E-state index contributed by atoms with van der Waals surface area (Å²) in [6.45, 7) is 3.20. The van der Waals surface area contributed by atoms with Gasteiger partial charge in [0.05, 0.1) is 30.0 Å². The van der Waals surface area contributed by atoms with Crippen molar-refractivity contribution in [2.75, 3.05) is 7.11 Å². The molecule has 1 aliphatic heterocycles. The summed E-state index contributed by atoms with van der Waals surface area (Å²) in [5.41, 5.74) is 7.89. The molecule has 0 radical (unpaired) electrons. The predicted octanol–water partition coefficient (Wildman–Crippen LogP) is 5.16. The van der Waals surface area contributed by atoms with E-state index in [0.717, 1.165) is 39.0 Å². The second-order valence-corrected chi connectivity index (χ2v) is 7.66. The molecule has 31 heavy (non-hydrogen) atoms. The standard InChI is InChI=1S/C26H22N2O3/c1-17-7-9-23-24(13-17)28(16-27-23)12-11-21-20-6-4-3-5-19(20)15-31-25-10-8-18(14-22(21)25)26(29)30-2/h3-11,13-14,16H,12,15H2,1-2H3/b21-11+. The molecule has 0 saturated heterocycles. The van der Waals surface area contributed by atoms with Crippen LogP contribution in [-0.2, 0) is 17.9 Å². The monoisotopic (exact) mass is 410 g/mol. The Labute approximate surface area is 180 Å². The highest BCUT2D eigenvalue weighted by atomic mass is 16.5. The second kappa shape index (κ2) is 7.76. The molecule has 0 atom stereocenters. The Morgan fingerprint density at radius 1 is 1.13 bits per heavy atom. The number of ether oxygens (including phenoxy) is 2. The van der Waals surface area contributed by atoms with Crippen LogP contribution >= 0.6 is 0 Å². The normalized spacial score (nSPS) is 13.9. The first-order valence-electron chi connectivity index (χ1n) is 10.2. The zero-order valence-electron chi connectivity index (χ0n) is 17.5. The lowest BCUT2D eigenvalue weighted by molar-refractivity contribution is 0.0600. The fraction of sp³-hybridized carbons (Fsp3) is 0.154. The van der Waals surface area contributed by atoms with Crippen LogP contribution in [0.1, 0.15) is 32.6 Å². The summed E-state index contributed by atoms with van der Waals surface area (Å²) in [4.78, 5) is 16.7. The topological polar surface area (TPSA) is 53.4 Å². The minimum absolute atomic E-state index is 0.365. The fourth-order valence-corrected chi connectivity index (χ4v) is 4.04. The van der Waals surface area contributed by atoms with Crippen LogP contribution in [0.25, 0.3) is 16.6 Å². The van der Waals surface area contributed by atoms with Gasteiger partial charge in [-0.2, -0.15) is 0 Å². The smallest absolute Gasteiger partial charge is 0.337 e. The van der Waals surface area contributed by atoms with E-state index >= 15 is 0 Å². The van der Waals surface area contributed by atoms with Crippen molar-refractivity contribution >= 4 is 22.6 Å². The second-order valence-electron chi connectivity index (χ2n) is 7.66. The quantitative estimate of drug-likeness (QED) is 0.438. The van der Waals surface area contributed by atoms with E-state index in [1.54, 1.807) is 6.07 Å². The summed E-state index contributed by atoms with van der Waals surface area (Å²) in [5, 5.41) is 0. The van der Waals surface area contributed by atoms with E-state index in [1.807, 2.05) is 36.7 Å². The van der Waals surface area contributed by atoms with Crippen molar-refractivity contribution in [1.82, 2.24) is 9.55 Å². The first-order valence-corrected chi connectivity index (χ1v) is 10.2. The van der Waals surface area contributed by atoms with Crippen molar-refractivity contribution in [3.05, 3.63) is 101 Å². The molecule has 0 amide bonds. The molecule has 5 rings (SSSR count). The van der Waals surface area contributed by atoms with Gasteiger partial charge in [0.15, 0.2) is 0 Å². The summed E-state index contributed by atoms with van der Waals surface area (Å²) in [7, 11) is 1.39. The highest BCUT2D eigenvalue weighted by molar-refractivity contribution is 5.93. The predicted molar refractivity (Wildman–Crippen MR) is 120 cm³/mol. The van der Waals surface area contributed by atoms with Gasteiger partial charge < -0.3 is 14.0 Å². The van der Waals surface area contributed by atoms with Gasteiger partial charge in [-0.15, -0.1) is 0 Å². The van der Waals surface area contributed by atoms with Crippen molar-refractivity contribution in [3.63, 3.8) is 0 Å². The van der Waals surface area contributed by atoms with E-state index in [4.69, 9.17) is 9.47 Å². The van der Waals surface area contributed by atoms with Crippen molar-refractivity contribution in [3.8, 4) is 5.75 Å². The van der Waals surface area contributed by atoms with Gasteiger partial charge in [0.1, 0.15) is 12.4 Å². The Bertz CT molecular complexity index is 1330. The van der Waals surface area contributed by atoms with Gasteiger partial charge in [0.2, 0.25) is 0 Å². The molecular weight excluding hydrogens is 388 g/mol. The van der Waals surface area contributed by atoms with Gasteiger partial charge in [0, 0.05) is 12.1 Å². The SMILES string of the molecule is COC(=O)c1ccc2c(c1)/C(=C/Cn1cnc3ccc(C)cc31)c1ccccc1CO2. The average molecular weight is 410 g/mol. The fourth-order valence-electron chi connectivity index (χ4n) is 4.04. The first kappa shape index (κ1) is 19.1. The largest absolute Gasteiger partial charge is 0.488 e. The summed E-state index contributed by atoms with van der Waals surface area (Å²) in [6, 6.07) is 19.9. The number of carbonyl (C=O) groups excluding carboxylic acids is 1. The molecular formula is C26H22N2O3. The molecule has 0 spiro atoms. The van der Waals surface area contributed by atoms with Gasteiger partial charge in [-0.3, -0.25) is 0 Å². The molecule has 0 aliphatic carbocycles. The Balaban J connectivity index is 1.65. The van der Waals surface area contributed by atoms with Gasteiger partial charge in [-0.1, -0.05) is 36.4 Å². The molecule has 1 aliphatic rings. The minimum Gasteiger partial charge on any atom is -0.488 e. The number of carbonyl (C=O) groups is 1. The first-order chi connectivity index (χ1) is 15.1. The summed E-state index contributed by atoms with van der Waals surface area (Å²) in [5.74, 6) is 0.386. The molecule has 0 fully saturated rings. The molecule has 2 heterocycles. The molecule has 0 saturated carbocycles. The van der Waals surface area contributed by atoms with Gasteiger partial charge in [-0.25, -0.2) is 9.78 Å². The third-order valence-electron chi connectivity index (χ3n) is 5.65. The Morgan fingerprint density at radius 2 is 2.00 bits per heavy atom. The lowest BCUT2D eigenvalue weighted by Crippen LogP contribution is -2.03. The molecule has 0 bridgehead atoms. The van der Waals surface area contributed by atoms with E-state index in [-0.39, 0.29) is 5.97 Å². The van der Waals surface area contributed by atoms with E-state index in [1.165, 1.54) is 12.7 Å². The zero-order chi connectivity index (χ0) is 21.4. The molecule has 0 unspecified atom stereocenters. The molecule has 4 aromatic rings. The number of methoxy groups -OCH3 is 1. The van der Waals surface area contributed by atoms with Crippen LogP contribution in [0.5, 0.6) is 5.75 Å². The highest BCUT2D eigenvalue weighted by Crippen LogP contribution is 2.37. The highest BCUT2D eigenvalue weighted by Gasteiger charge is 2.21. The minimum atomic E-state index is -0.365. The summed E-state index contributed by atoms with van der Waals surface area (Å²) in [6.07, 6.45) is 4.04. The van der Waals surface area contributed by atoms with E-state index in [2.05, 4.69) is 46.8 Å². The van der Waals surface area contributed by atoms with Crippen molar-refractivity contribution in [2.24, 2.45) is 0 Å². The van der Waals surface area contributed by atoms with Crippen molar-refractivity contribution < 1.29 is 14.3 Å². The van der Waals surface area contributed by atoms with Crippen LogP contribution in [0.15, 0.2) is 73.1 Å². The molecule has 3 aromatic carbocycles. The lowest BCUT2D eigenvalue weighted by Gasteiger charge is -2.12. The number of imidazole rings is 1. The number of nitrogens with zero attached hydrogens (tertiary/aromatic N) is 2. The van der Waals surface area contributed by atoms with E-state index in [0.29, 0.717) is 18.7 Å². The van der Waals surface area contributed by atoms with Crippen LogP contribution in [0.2, 0.25) is 0 Å². The van der Waals surface area contributed by atoms with Gasteiger partial charge >= 0.3 is 5.97 Å². The van der Waals surface area contributed by atoms with Crippen LogP contribution in [0.4, 0.5) is 0 Å². The van der Waals surface area contributed by atoms with Gasteiger partial charge in [-0.05, 0) is 59.5 Å². The molecule has 0 N–H and O–H groups in total. The van der Waals surface area contributed by atoms with Crippen LogP contribution in [0.3, 0.4) is 0 Å². The Morgan fingerprint density at radius 3 is 2.87 bits per heavy atom. The third-order valence-corrected chi connectivity index (χ3v) is 5.65. The molecule has 5 heteroatoms. The molecule has 154 valence electrons. The van der Waals surface area contributed by atoms with Crippen LogP contribution in [-0.4, -0.2) is 22.6 Å². The summed E-state index contributed by atoms with van der Waals surface area (Å²) < 4.78 is 13.1. The number of rotatable bonds is 3. The number of benzene rings is 3. The summed E-state index contributed by atoms with van der Waals surface area (Å²) >= 11 is 0. The van der Waals surface area contributed by atoms with Crippen molar-refractivity contribution in [2.45, 2.75) is 20.1 Å². The number of allylic oxidation sites excluding steroid dienone is 1. The zero-order valence-corrected chi connectivity index (χ0v) is 17.5. The maximum Gasteiger partial charge on any atom is 0.337 e. The number of esters is 1. The van der Waals surface area contributed by atoms with Crippen molar-refractivity contribution in [1.29, 1.82) is 0 Å². The third kappa shape index (κ3) is 3.48. The Kier molecular flexibility index (Phi) is 4.79. The number of fused-ring (bicyclic) bond motifs is 3. The number of hydrogen-bond acceptors (Lipinski definition) is 4. The van der Waals surface area contributed by atoms with E-state index < -0.39 is 0 Å². The molecule has 5 nitrogen and oxygen atoms in total. The molecule has 1 aromatic heterocycles. The van der Waals surface area contributed by atoms with Gasteiger partial charge in [0.25, 0.3) is 0 Å². The van der Waals surface area contributed by atoms with Crippen LogP contribution < -0.4 is 4.74 Å². The lowest BCUT2D eigenvalue weighted by atomic mass is 9.93. The maximum absolute atomic E-state index is 12.2. The maximum atomic E-state index is 12.2. The number of aryl methyl sites for hydroxylation is 1. The number of hydrogen-bond donors (Lipinski definition) is 0. The Hall–Kier alpha value is -3.86. The van der Waals surface area contributed by atoms with Crippen LogP contribution in [0, 0.1) is 6.92 Å². The number of aromatic nitrogens is 2.